The molecule has 6 nitrogen and oxygen atoms in total. The second-order valence-corrected chi connectivity index (χ2v) is 9.58. The number of hydrogen-bond donors (Lipinski definition) is 1. The van der Waals surface area contributed by atoms with Crippen molar-refractivity contribution in [2.24, 2.45) is 0 Å². The SMILES string of the molecule is CCCCCCCCCCCCCCCCCOc1cc([C@H]([NH3+])CCC)oc(=O)c1.O=C([O-])C(F)(F)F. The number of ether oxygens (including phenoxy) is 1. The molecule has 9 heteroatoms. The van der Waals surface area contributed by atoms with Crippen molar-refractivity contribution in [3.05, 3.63) is 28.3 Å². The Labute approximate surface area is 220 Å². The maximum absolute atomic E-state index is 11.7. The summed E-state index contributed by atoms with van der Waals surface area (Å²) in [6.45, 7) is 5.05. The van der Waals surface area contributed by atoms with Crippen LogP contribution in [-0.2, 0) is 4.79 Å². The van der Waals surface area contributed by atoms with Gasteiger partial charge in [-0.05, 0) is 6.42 Å². The topological polar surface area (TPSA) is 107 Å². The van der Waals surface area contributed by atoms with E-state index in [0.29, 0.717) is 18.1 Å². The summed E-state index contributed by atoms with van der Waals surface area (Å²) >= 11 is 0. The van der Waals surface area contributed by atoms with Crippen molar-refractivity contribution < 1.29 is 38.0 Å². The molecule has 37 heavy (non-hydrogen) atoms. The van der Waals surface area contributed by atoms with Gasteiger partial charge >= 0.3 is 11.8 Å². The van der Waals surface area contributed by atoms with Crippen molar-refractivity contribution in [3.8, 4) is 5.75 Å². The summed E-state index contributed by atoms with van der Waals surface area (Å²) in [5.74, 6) is -1.75. The molecular formula is C28H48F3NO5. The second kappa shape index (κ2) is 22.0. The predicted molar refractivity (Wildman–Crippen MR) is 137 cm³/mol. The molecule has 1 rings (SSSR count). The minimum absolute atomic E-state index is 0.0112. The van der Waals surface area contributed by atoms with E-state index >= 15 is 0 Å². The van der Waals surface area contributed by atoms with Gasteiger partial charge < -0.3 is 24.8 Å². The quantitative estimate of drug-likeness (QED) is 0.198. The molecular weight excluding hydrogens is 487 g/mol. The van der Waals surface area contributed by atoms with E-state index in [1.54, 1.807) is 0 Å². The van der Waals surface area contributed by atoms with Gasteiger partial charge in [0.1, 0.15) is 17.8 Å². The molecule has 0 saturated carbocycles. The first-order chi connectivity index (χ1) is 17.6. The number of rotatable bonds is 20. The zero-order valence-electron chi connectivity index (χ0n) is 22.8. The molecule has 0 fully saturated rings. The van der Waals surface area contributed by atoms with Gasteiger partial charge in [0, 0.05) is 12.5 Å². The predicted octanol–water partition coefficient (Wildman–Crippen LogP) is 6.27. The number of alkyl halides is 3. The maximum Gasteiger partial charge on any atom is 0.430 e. The van der Waals surface area contributed by atoms with E-state index in [9.17, 15) is 18.0 Å². The number of carbonyl (C=O) groups excluding carboxylic acids is 1. The molecule has 0 radical (unpaired) electrons. The Kier molecular flexibility index (Phi) is 20.8. The van der Waals surface area contributed by atoms with Gasteiger partial charge in [-0.25, -0.2) is 4.79 Å². The summed E-state index contributed by atoms with van der Waals surface area (Å²) in [5.41, 5.74) is 3.73. The first-order valence-electron chi connectivity index (χ1n) is 14.0. The largest absolute Gasteiger partial charge is 0.542 e. The Morgan fingerprint density at radius 1 is 0.865 bits per heavy atom. The number of unbranched alkanes of at least 4 members (excludes halogenated alkanes) is 14. The molecule has 1 aromatic heterocycles. The number of halogens is 3. The molecule has 0 aliphatic carbocycles. The highest BCUT2D eigenvalue weighted by Crippen LogP contribution is 2.18. The van der Waals surface area contributed by atoms with E-state index in [1.165, 1.54) is 96.0 Å². The second-order valence-electron chi connectivity index (χ2n) is 9.58. The zero-order chi connectivity index (χ0) is 27.9. The van der Waals surface area contributed by atoms with E-state index in [4.69, 9.17) is 19.1 Å². The number of aliphatic carboxylic acids is 1. The van der Waals surface area contributed by atoms with Crippen molar-refractivity contribution in [2.45, 2.75) is 135 Å². The van der Waals surface area contributed by atoms with Crippen LogP contribution < -0.4 is 21.2 Å². The molecule has 1 heterocycles. The zero-order valence-corrected chi connectivity index (χ0v) is 22.8. The lowest BCUT2D eigenvalue weighted by molar-refractivity contribution is -0.432. The van der Waals surface area contributed by atoms with Gasteiger partial charge in [0.2, 0.25) is 0 Å². The molecule has 0 aliphatic heterocycles. The number of hydrogen-bond acceptors (Lipinski definition) is 5. The number of quaternary nitrogens is 1. The minimum atomic E-state index is -5.19. The first kappa shape index (κ1) is 35.0. The van der Waals surface area contributed by atoms with Crippen LogP contribution in [0.4, 0.5) is 13.2 Å². The summed E-state index contributed by atoms with van der Waals surface area (Å²) in [6, 6.07) is 3.28. The lowest BCUT2D eigenvalue weighted by Crippen LogP contribution is -2.53. The van der Waals surface area contributed by atoms with Crippen LogP contribution in [0.25, 0.3) is 0 Å². The van der Waals surface area contributed by atoms with Crippen LogP contribution >= 0.6 is 0 Å². The van der Waals surface area contributed by atoms with Crippen molar-refractivity contribution in [3.63, 3.8) is 0 Å². The Bertz CT molecular complexity index is 752. The molecule has 216 valence electrons. The third-order valence-corrected chi connectivity index (χ3v) is 6.05. The smallest absolute Gasteiger partial charge is 0.430 e. The highest BCUT2D eigenvalue weighted by Gasteiger charge is 2.28. The van der Waals surface area contributed by atoms with Gasteiger partial charge in [0.15, 0.2) is 5.76 Å². The van der Waals surface area contributed by atoms with Gasteiger partial charge in [0.25, 0.3) is 0 Å². The molecule has 1 atom stereocenters. The average molecular weight is 536 g/mol. The molecule has 0 amide bonds. The molecule has 0 saturated heterocycles. The van der Waals surface area contributed by atoms with Crippen molar-refractivity contribution in [1.29, 1.82) is 0 Å². The highest BCUT2D eigenvalue weighted by atomic mass is 19.4. The monoisotopic (exact) mass is 535 g/mol. The van der Waals surface area contributed by atoms with Crippen LogP contribution in [0.3, 0.4) is 0 Å². The Morgan fingerprint density at radius 2 is 1.30 bits per heavy atom. The van der Waals surface area contributed by atoms with Crippen molar-refractivity contribution >= 4 is 5.97 Å². The first-order valence-corrected chi connectivity index (χ1v) is 14.0. The third kappa shape index (κ3) is 20.7. The molecule has 0 unspecified atom stereocenters. The van der Waals surface area contributed by atoms with Crippen molar-refractivity contribution in [1.82, 2.24) is 0 Å². The molecule has 0 aromatic carbocycles. The summed E-state index contributed by atoms with van der Waals surface area (Å²) in [6.07, 6.45) is 17.1. The van der Waals surface area contributed by atoms with Crippen LogP contribution in [-0.4, -0.2) is 18.8 Å². The fraction of sp³-hybridized carbons (Fsp3) is 0.786. The van der Waals surface area contributed by atoms with E-state index in [-0.39, 0.29) is 11.7 Å². The van der Waals surface area contributed by atoms with Gasteiger partial charge in [-0.2, -0.15) is 13.2 Å². The Morgan fingerprint density at radius 3 is 1.70 bits per heavy atom. The number of carboxylic acid groups (broad SMARTS) is 1. The number of carboxylic acids is 1. The standard InChI is InChI=1S/C26H47NO3.C2HF3O2/c1-3-5-6-7-8-9-10-11-12-13-14-15-16-17-18-20-29-23-21-25(24(27)19-4-2)30-26(28)22-23;3-2(4,5)1(6)7/h21-22,24H,3-20,27H2,1-2H3;(H,6,7)/t24-;/m1./s1. The summed E-state index contributed by atoms with van der Waals surface area (Å²) in [5, 5.41) is 8.78. The van der Waals surface area contributed by atoms with E-state index in [1.807, 2.05) is 6.07 Å². The lowest BCUT2D eigenvalue weighted by Gasteiger charge is -2.09. The van der Waals surface area contributed by atoms with E-state index in [0.717, 1.165) is 19.3 Å². The minimum Gasteiger partial charge on any atom is -0.542 e. The van der Waals surface area contributed by atoms with Crippen LogP contribution in [0.2, 0.25) is 0 Å². The molecule has 0 aliphatic rings. The molecule has 0 spiro atoms. The third-order valence-electron chi connectivity index (χ3n) is 6.05. The summed E-state index contributed by atoms with van der Waals surface area (Å²) in [7, 11) is 0. The van der Waals surface area contributed by atoms with Gasteiger partial charge in [0.05, 0.1) is 12.7 Å². The summed E-state index contributed by atoms with van der Waals surface area (Å²) < 4.78 is 42.6. The van der Waals surface area contributed by atoms with Crippen LogP contribution in [0.1, 0.15) is 135 Å². The van der Waals surface area contributed by atoms with Crippen molar-refractivity contribution in [2.75, 3.05) is 6.61 Å². The van der Waals surface area contributed by atoms with Crippen LogP contribution in [0.15, 0.2) is 21.3 Å². The maximum atomic E-state index is 11.7. The van der Waals surface area contributed by atoms with Gasteiger partial charge in [-0.15, -0.1) is 0 Å². The molecule has 0 bridgehead atoms. The number of carbonyl (C=O) groups is 1. The van der Waals surface area contributed by atoms with E-state index < -0.39 is 12.1 Å². The Hall–Kier alpha value is -2.03. The van der Waals surface area contributed by atoms with Crippen LogP contribution in [0, 0.1) is 0 Å². The average Bonchev–Trinajstić information content (AvgIpc) is 2.83. The van der Waals surface area contributed by atoms with E-state index in [2.05, 4.69) is 19.6 Å². The highest BCUT2D eigenvalue weighted by molar-refractivity contribution is 5.70. The molecule has 3 N–H and O–H groups in total. The lowest BCUT2D eigenvalue weighted by atomic mass is 10.0. The molecule has 1 aromatic rings. The Balaban J connectivity index is 0.00000161. The normalized spacial score (nSPS) is 12.1. The summed E-state index contributed by atoms with van der Waals surface area (Å²) in [4.78, 5) is 20.5. The van der Waals surface area contributed by atoms with Gasteiger partial charge in [-0.3, -0.25) is 0 Å². The van der Waals surface area contributed by atoms with Gasteiger partial charge in [-0.1, -0.05) is 110 Å². The fourth-order valence-electron chi connectivity index (χ4n) is 3.91. The fourth-order valence-corrected chi connectivity index (χ4v) is 3.91. The van der Waals surface area contributed by atoms with Crippen LogP contribution in [0.5, 0.6) is 5.75 Å².